The molecular formula is C23H18N4O2S2. The Morgan fingerprint density at radius 3 is 2.74 bits per heavy atom. The van der Waals surface area contributed by atoms with Crippen LogP contribution in [0.5, 0.6) is 0 Å². The van der Waals surface area contributed by atoms with Crippen molar-refractivity contribution >= 4 is 34.0 Å². The average Bonchev–Trinajstić information content (AvgIpc) is 3.50. The summed E-state index contributed by atoms with van der Waals surface area (Å²) in [5.41, 5.74) is 3.45. The first kappa shape index (κ1) is 19.7. The molecule has 6 nitrogen and oxygen atoms in total. The van der Waals surface area contributed by atoms with Crippen molar-refractivity contribution in [2.24, 2.45) is 0 Å². The number of hydrogen-bond acceptors (Lipinski definition) is 7. The summed E-state index contributed by atoms with van der Waals surface area (Å²) < 4.78 is 7.12. The lowest BCUT2D eigenvalue weighted by atomic mass is 10.1. The SMILES string of the molecule is CCc1ccccc1-n1c(SCc2nc(-c3ccsc3)no2)nc2ccccc2c1=O. The van der Waals surface area contributed by atoms with Gasteiger partial charge in [-0.25, -0.2) is 4.98 Å². The molecule has 8 heteroatoms. The Hall–Kier alpha value is -3.23. The van der Waals surface area contributed by atoms with Gasteiger partial charge in [-0.15, -0.1) is 0 Å². The second-order valence-electron chi connectivity index (χ2n) is 6.85. The maximum Gasteiger partial charge on any atom is 0.266 e. The van der Waals surface area contributed by atoms with Crippen LogP contribution in [0, 0.1) is 0 Å². The maximum absolute atomic E-state index is 13.4. The molecule has 2 aromatic carbocycles. The first-order valence-corrected chi connectivity index (χ1v) is 11.8. The quantitative estimate of drug-likeness (QED) is 0.258. The minimum atomic E-state index is -0.0847. The molecule has 5 rings (SSSR count). The van der Waals surface area contributed by atoms with E-state index in [0.717, 1.165) is 23.2 Å². The van der Waals surface area contributed by atoms with Gasteiger partial charge in [-0.05, 0) is 41.6 Å². The number of thioether (sulfide) groups is 1. The molecule has 0 radical (unpaired) electrons. The third-order valence-electron chi connectivity index (χ3n) is 4.93. The molecule has 31 heavy (non-hydrogen) atoms. The van der Waals surface area contributed by atoms with Crippen molar-refractivity contribution in [3.05, 3.63) is 87.2 Å². The van der Waals surface area contributed by atoms with Crippen molar-refractivity contribution in [1.82, 2.24) is 19.7 Å². The van der Waals surface area contributed by atoms with Gasteiger partial charge >= 0.3 is 0 Å². The Morgan fingerprint density at radius 2 is 1.90 bits per heavy atom. The van der Waals surface area contributed by atoms with Crippen LogP contribution >= 0.6 is 23.1 Å². The second-order valence-corrected chi connectivity index (χ2v) is 8.57. The van der Waals surface area contributed by atoms with E-state index in [0.29, 0.717) is 33.5 Å². The fourth-order valence-corrected chi connectivity index (χ4v) is 4.88. The number of nitrogens with zero attached hydrogens (tertiary/aromatic N) is 4. The van der Waals surface area contributed by atoms with E-state index >= 15 is 0 Å². The predicted molar refractivity (Wildman–Crippen MR) is 124 cm³/mol. The molecule has 0 unspecified atom stereocenters. The van der Waals surface area contributed by atoms with Crippen LogP contribution in [0.2, 0.25) is 0 Å². The summed E-state index contributed by atoms with van der Waals surface area (Å²) >= 11 is 3.00. The molecule has 5 aromatic rings. The summed E-state index contributed by atoms with van der Waals surface area (Å²) in [5, 5.41) is 9.21. The third kappa shape index (κ3) is 3.80. The van der Waals surface area contributed by atoms with Crippen molar-refractivity contribution in [2.75, 3.05) is 0 Å². The molecule has 0 spiro atoms. The highest BCUT2D eigenvalue weighted by atomic mass is 32.2. The number of benzene rings is 2. The minimum absolute atomic E-state index is 0.0847. The van der Waals surface area contributed by atoms with E-state index in [2.05, 4.69) is 17.1 Å². The van der Waals surface area contributed by atoms with Crippen molar-refractivity contribution in [1.29, 1.82) is 0 Å². The molecule has 0 saturated heterocycles. The molecule has 0 aliphatic rings. The topological polar surface area (TPSA) is 73.8 Å². The summed E-state index contributed by atoms with van der Waals surface area (Å²) in [5.74, 6) is 1.47. The highest BCUT2D eigenvalue weighted by molar-refractivity contribution is 7.98. The monoisotopic (exact) mass is 446 g/mol. The summed E-state index contributed by atoms with van der Waals surface area (Å²) in [6, 6.07) is 17.3. The third-order valence-corrected chi connectivity index (χ3v) is 6.54. The highest BCUT2D eigenvalue weighted by Gasteiger charge is 2.17. The van der Waals surface area contributed by atoms with Crippen LogP contribution in [-0.4, -0.2) is 19.7 Å². The molecule has 0 N–H and O–H groups in total. The van der Waals surface area contributed by atoms with Gasteiger partial charge in [-0.2, -0.15) is 16.3 Å². The molecule has 154 valence electrons. The lowest BCUT2D eigenvalue weighted by Gasteiger charge is -2.15. The summed E-state index contributed by atoms with van der Waals surface area (Å²) in [6.07, 6.45) is 0.813. The van der Waals surface area contributed by atoms with Crippen LogP contribution in [0.15, 0.2) is 79.8 Å². The zero-order valence-electron chi connectivity index (χ0n) is 16.7. The minimum Gasteiger partial charge on any atom is -0.338 e. The largest absolute Gasteiger partial charge is 0.338 e. The van der Waals surface area contributed by atoms with Crippen LogP contribution < -0.4 is 5.56 Å². The summed E-state index contributed by atoms with van der Waals surface area (Å²) in [7, 11) is 0. The molecule has 0 aliphatic heterocycles. The van der Waals surface area contributed by atoms with Gasteiger partial charge in [0.25, 0.3) is 5.56 Å². The zero-order chi connectivity index (χ0) is 21.2. The number of fused-ring (bicyclic) bond motifs is 1. The lowest BCUT2D eigenvalue weighted by Crippen LogP contribution is -2.22. The Labute approximate surface area is 186 Å². The molecule has 0 atom stereocenters. The van der Waals surface area contributed by atoms with E-state index in [-0.39, 0.29) is 5.56 Å². The molecule has 3 heterocycles. The molecule has 0 aliphatic carbocycles. The van der Waals surface area contributed by atoms with E-state index in [9.17, 15) is 4.79 Å². The lowest BCUT2D eigenvalue weighted by molar-refractivity contribution is 0.391. The fourth-order valence-electron chi connectivity index (χ4n) is 3.40. The number of aryl methyl sites for hydroxylation is 1. The van der Waals surface area contributed by atoms with Crippen molar-refractivity contribution in [3.63, 3.8) is 0 Å². The summed E-state index contributed by atoms with van der Waals surface area (Å²) in [6.45, 7) is 2.08. The molecule has 0 saturated carbocycles. The first-order valence-electron chi connectivity index (χ1n) is 9.82. The number of hydrogen-bond donors (Lipinski definition) is 0. The van der Waals surface area contributed by atoms with Crippen LogP contribution in [0.25, 0.3) is 28.0 Å². The Morgan fingerprint density at radius 1 is 1.06 bits per heavy atom. The van der Waals surface area contributed by atoms with Crippen LogP contribution in [0.4, 0.5) is 0 Å². The van der Waals surface area contributed by atoms with Gasteiger partial charge in [-0.3, -0.25) is 9.36 Å². The van der Waals surface area contributed by atoms with Crippen LogP contribution in [0.1, 0.15) is 18.4 Å². The normalized spacial score (nSPS) is 11.3. The Bertz CT molecular complexity index is 1410. The number of para-hydroxylation sites is 2. The van der Waals surface area contributed by atoms with Gasteiger partial charge < -0.3 is 4.52 Å². The van der Waals surface area contributed by atoms with Gasteiger partial charge in [0.05, 0.1) is 22.3 Å². The number of thiophene rings is 1. The fraction of sp³-hybridized carbons (Fsp3) is 0.130. The number of aromatic nitrogens is 4. The van der Waals surface area contributed by atoms with Gasteiger partial charge in [0.1, 0.15) is 0 Å². The first-order chi connectivity index (χ1) is 15.2. The van der Waals surface area contributed by atoms with Crippen LogP contribution in [-0.2, 0) is 12.2 Å². The second kappa shape index (κ2) is 8.49. The molecule has 0 bridgehead atoms. The smallest absolute Gasteiger partial charge is 0.266 e. The molecule has 0 amide bonds. The van der Waals surface area contributed by atoms with E-state index in [1.165, 1.54) is 11.8 Å². The van der Waals surface area contributed by atoms with Crippen LogP contribution in [0.3, 0.4) is 0 Å². The van der Waals surface area contributed by atoms with Gasteiger partial charge in [0.2, 0.25) is 11.7 Å². The Balaban J connectivity index is 1.57. The van der Waals surface area contributed by atoms with Crippen molar-refractivity contribution in [2.45, 2.75) is 24.3 Å². The Kier molecular flexibility index (Phi) is 5.40. The standard InChI is InChI=1S/C23H18N4O2S2/c1-2-15-7-3-6-10-19(15)27-22(28)17-8-4-5-9-18(17)24-23(27)31-14-20-25-21(26-29-20)16-11-12-30-13-16/h3-13H,2,14H2,1H3. The van der Waals surface area contributed by atoms with Crippen molar-refractivity contribution < 1.29 is 4.52 Å². The number of rotatable bonds is 6. The maximum atomic E-state index is 13.4. The van der Waals surface area contributed by atoms with Gasteiger partial charge in [0.15, 0.2) is 5.16 Å². The average molecular weight is 447 g/mol. The highest BCUT2D eigenvalue weighted by Crippen LogP contribution is 2.27. The van der Waals surface area contributed by atoms with E-state index in [4.69, 9.17) is 9.51 Å². The van der Waals surface area contributed by atoms with E-state index < -0.39 is 0 Å². The van der Waals surface area contributed by atoms with E-state index in [1.54, 1.807) is 15.9 Å². The zero-order valence-corrected chi connectivity index (χ0v) is 18.3. The molecular weight excluding hydrogens is 428 g/mol. The van der Waals surface area contributed by atoms with E-state index in [1.807, 2.05) is 65.4 Å². The predicted octanol–water partition coefficient (Wildman–Crippen LogP) is 5.35. The van der Waals surface area contributed by atoms with Gasteiger partial charge in [-0.1, -0.05) is 54.2 Å². The van der Waals surface area contributed by atoms with Crippen molar-refractivity contribution in [3.8, 4) is 17.1 Å². The molecule has 3 aromatic heterocycles. The van der Waals surface area contributed by atoms with Gasteiger partial charge in [0, 0.05) is 10.9 Å². The summed E-state index contributed by atoms with van der Waals surface area (Å²) in [4.78, 5) is 22.7. The molecule has 0 fully saturated rings.